The molecule has 0 rings (SSSR count). The predicted molar refractivity (Wildman–Crippen MR) is 64.8 cm³/mol. The van der Waals surface area contributed by atoms with Gasteiger partial charge in [-0.3, -0.25) is 4.79 Å². The molecule has 1 atom stereocenters. The molecule has 0 heterocycles. The number of nitrogens with zero attached hydrogens (tertiary/aromatic N) is 1. The standard InChI is InChI=1S/C10H22N2O3S/c1-4-9(8-11)7-10(13)12(2)5-6-16(3,14)15/h9H,4-8,11H2,1-3H3. The van der Waals surface area contributed by atoms with Gasteiger partial charge in [0, 0.05) is 26.3 Å². The quantitative estimate of drug-likeness (QED) is 0.682. The number of carbonyl (C=O) groups excluding carboxylic acids is 1. The van der Waals surface area contributed by atoms with Gasteiger partial charge in [-0.15, -0.1) is 0 Å². The molecule has 16 heavy (non-hydrogen) atoms. The van der Waals surface area contributed by atoms with Gasteiger partial charge in [0.1, 0.15) is 9.84 Å². The lowest BCUT2D eigenvalue weighted by Gasteiger charge is -2.19. The maximum atomic E-state index is 11.7. The van der Waals surface area contributed by atoms with Crippen molar-refractivity contribution >= 4 is 15.7 Å². The van der Waals surface area contributed by atoms with Crippen LogP contribution in [0.3, 0.4) is 0 Å². The normalized spacial score (nSPS) is 13.5. The Morgan fingerprint density at radius 1 is 1.44 bits per heavy atom. The van der Waals surface area contributed by atoms with Gasteiger partial charge in [-0.25, -0.2) is 8.42 Å². The first-order valence-electron chi connectivity index (χ1n) is 5.42. The zero-order chi connectivity index (χ0) is 12.8. The van der Waals surface area contributed by atoms with Gasteiger partial charge in [0.05, 0.1) is 5.75 Å². The molecule has 0 radical (unpaired) electrons. The first-order valence-corrected chi connectivity index (χ1v) is 7.48. The monoisotopic (exact) mass is 250 g/mol. The summed E-state index contributed by atoms with van der Waals surface area (Å²) in [6.07, 6.45) is 2.43. The van der Waals surface area contributed by atoms with Crippen LogP contribution in [-0.2, 0) is 14.6 Å². The van der Waals surface area contributed by atoms with Crippen molar-refractivity contribution in [2.24, 2.45) is 11.7 Å². The summed E-state index contributed by atoms with van der Waals surface area (Å²) in [5, 5.41) is 0. The Balaban J connectivity index is 4.09. The van der Waals surface area contributed by atoms with Crippen LogP contribution in [0.5, 0.6) is 0 Å². The Morgan fingerprint density at radius 3 is 2.38 bits per heavy atom. The molecular formula is C10H22N2O3S. The van der Waals surface area contributed by atoms with Gasteiger partial charge < -0.3 is 10.6 Å². The SMILES string of the molecule is CCC(CN)CC(=O)N(C)CCS(C)(=O)=O. The van der Waals surface area contributed by atoms with Crippen molar-refractivity contribution in [2.75, 3.05) is 32.1 Å². The maximum Gasteiger partial charge on any atom is 0.222 e. The van der Waals surface area contributed by atoms with Gasteiger partial charge in [0.25, 0.3) is 0 Å². The van der Waals surface area contributed by atoms with Crippen LogP contribution in [0.15, 0.2) is 0 Å². The number of carbonyl (C=O) groups is 1. The van der Waals surface area contributed by atoms with Crippen molar-refractivity contribution in [3.63, 3.8) is 0 Å². The molecule has 0 aliphatic rings. The van der Waals surface area contributed by atoms with Gasteiger partial charge >= 0.3 is 0 Å². The molecule has 0 aromatic carbocycles. The van der Waals surface area contributed by atoms with E-state index >= 15 is 0 Å². The zero-order valence-corrected chi connectivity index (χ0v) is 11.1. The topological polar surface area (TPSA) is 80.5 Å². The predicted octanol–water partition coefficient (Wildman–Crippen LogP) is -0.136. The molecule has 1 unspecified atom stereocenters. The fraction of sp³-hybridized carbons (Fsp3) is 0.900. The number of sulfone groups is 1. The van der Waals surface area contributed by atoms with E-state index in [0.29, 0.717) is 13.0 Å². The summed E-state index contributed by atoms with van der Waals surface area (Å²) in [4.78, 5) is 13.1. The van der Waals surface area contributed by atoms with Crippen molar-refractivity contribution in [3.05, 3.63) is 0 Å². The third kappa shape index (κ3) is 6.79. The molecule has 96 valence electrons. The highest BCUT2D eigenvalue weighted by molar-refractivity contribution is 7.90. The van der Waals surface area contributed by atoms with Crippen LogP contribution in [0.2, 0.25) is 0 Å². The van der Waals surface area contributed by atoms with E-state index in [1.807, 2.05) is 6.92 Å². The first-order chi connectivity index (χ1) is 7.30. The minimum absolute atomic E-state index is 0.00859. The number of rotatable bonds is 7. The average molecular weight is 250 g/mol. The minimum atomic E-state index is -3.01. The largest absolute Gasteiger partial charge is 0.345 e. The highest BCUT2D eigenvalue weighted by atomic mass is 32.2. The summed E-state index contributed by atoms with van der Waals surface area (Å²) in [6.45, 7) is 2.72. The second-order valence-corrected chi connectivity index (χ2v) is 6.42. The second-order valence-electron chi connectivity index (χ2n) is 4.16. The van der Waals surface area contributed by atoms with Crippen LogP contribution in [0, 0.1) is 5.92 Å². The van der Waals surface area contributed by atoms with Crippen LogP contribution in [0.4, 0.5) is 0 Å². The lowest BCUT2D eigenvalue weighted by atomic mass is 10.0. The molecule has 5 nitrogen and oxygen atoms in total. The van der Waals surface area contributed by atoms with E-state index in [-0.39, 0.29) is 24.1 Å². The molecule has 0 aliphatic heterocycles. The molecule has 0 saturated heterocycles. The molecule has 0 saturated carbocycles. The van der Waals surface area contributed by atoms with Crippen molar-refractivity contribution < 1.29 is 13.2 Å². The summed E-state index contributed by atoms with van der Waals surface area (Å²) >= 11 is 0. The number of nitrogens with two attached hydrogens (primary N) is 1. The Morgan fingerprint density at radius 2 is 2.00 bits per heavy atom. The first kappa shape index (κ1) is 15.4. The lowest BCUT2D eigenvalue weighted by molar-refractivity contribution is -0.130. The van der Waals surface area contributed by atoms with E-state index in [2.05, 4.69) is 0 Å². The highest BCUT2D eigenvalue weighted by Crippen LogP contribution is 2.07. The molecule has 0 spiro atoms. The molecule has 0 aromatic heterocycles. The summed E-state index contributed by atoms with van der Waals surface area (Å²) in [6, 6.07) is 0. The zero-order valence-electron chi connectivity index (χ0n) is 10.3. The van der Waals surface area contributed by atoms with Crippen molar-refractivity contribution in [2.45, 2.75) is 19.8 Å². The molecule has 0 fully saturated rings. The molecule has 1 amide bonds. The molecular weight excluding hydrogens is 228 g/mol. The summed E-state index contributed by atoms with van der Waals surface area (Å²) in [7, 11) is -1.39. The molecule has 0 aromatic rings. The van der Waals surface area contributed by atoms with Crippen molar-refractivity contribution in [3.8, 4) is 0 Å². The third-order valence-corrected chi connectivity index (χ3v) is 3.52. The van der Waals surface area contributed by atoms with Gasteiger partial charge in [0.2, 0.25) is 5.91 Å². The van der Waals surface area contributed by atoms with Gasteiger partial charge in [-0.1, -0.05) is 13.3 Å². The Bertz CT molecular complexity index is 310. The fourth-order valence-corrected chi connectivity index (χ4v) is 1.83. The highest BCUT2D eigenvalue weighted by Gasteiger charge is 2.15. The van der Waals surface area contributed by atoms with Crippen LogP contribution in [0.1, 0.15) is 19.8 Å². The van der Waals surface area contributed by atoms with Crippen LogP contribution in [-0.4, -0.2) is 51.4 Å². The summed E-state index contributed by atoms with van der Waals surface area (Å²) < 4.78 is 21.9. The maximum absolute atomic E-state index is 11.7. The molecule has 0 aliphatic carbocycles. The van der Waals surface area contributed by atoms with E-state index in [1.165, 1.54) is 11.2 Å². The van der Waals surface area contributed by atoms with E-state index in [0.717, 1.165) is 6.42 Å². The van der Waals surface area contributed by atoms with Gasteiger partial charge in [-0.2, -0.15) is 0 Å². The van der Waals surface area contributed by atoms with Crippen molar-refractivity contribution in [1.29, 1.82) is 0 Å². The van der Waals surface area contributed by atoms with Crippen LogP contribution < -0.4 is 5.73 Å². The van der Waals surface area contributed by atoms with E-state index < -0.39 is 9.84 Å². The number of amides is 1. The van der Waals surface area contributed by atoms with E-state index in [4.69, 9.17) is 5.73 Å². The Hall–Kier alpha value is -0.620. The lowest BCUT2D eigenvalue weighted by Crippen LogP contribution is -2.33. The molecule has 0 bridgehead atoms. The number of hydrogen-bond acceptors (Lipinski definition) is 4. The van der Waals surface area contributed by atoms with Crippen molar-refractivity contribution in [1.82, 2.24) is 4.90 Å². The van der Waals surface area contributed by atoms with Crippen LogP contribution >= 0.6 is 0 Å². The van der Waals surface area contributed by atoms with E-state index in [1.54, 1.807) is 7.05 Å². The van der Waals surface area contributed by atoms with E-state index in [9.17, 15) is 13.2 Å². The Labute approximate surface area is 97.9 Å². The fourth-order valence-electron chi connectivity index (χ4n) is 1.22. The average Bonchev–Trinajstić information content (AvgIpc) is 2.20. The Kier molecular flexibility index (Phi) is 6.59. The van der Waals surface area contributed by atoms with Gasteiger partial charge in [0.15, 0.2) is 0 Å². The smallest absolute Gasteiger partial charge is 0.222 e. The molecule has 6 heteroatoms. The summed E-state index contributed by atoms with van der Waals surface area (Å²) in [5.41, 5.74) is 5.51. The summed E-state index contributed by atoms with van der Waals surface area (Å²) in [5.74, 6) is 0.156. The third-order valence-electron chi connectivity index (χ3n) is 2.60. The second kappa shape index (κ2) is 6.85. The number of hydrogen-bond donors (Lipinski definition) is 1. The van der Waals surface area contributed by atoms with Gasteiger partial charge in [-0.05, 0) is 12.5 Å². The molecule has 2 N–H and O–H groups in total. The minimum Gasteiger partial charge on any atom is -0.345 e. The van der Waals surface area contributed by atoms with Crippen LogP contribution in [0.25, 0.3) is 0 Å².